The lowest BCUT2D eigenvalue weighted by Crippen LogP contribution is -2.36. The van der Waals surface area contributed by atoms with E-state index in [1.807, 2.05) is 13.8 Å². The topological polar surface area (TPSA) is 80.3 Å². The minimum atomic E-state index is -0.353. The molecule has 25 heavy (non-hydrogen) atoms. The second kappa shape index (κ2) is 7.39. The number of hydrogen-bond acceptors (Lipinski definition) is 6. The molecule has 0 amide bonds. The normalized spacial score (nSPS) is 16.5. The number of carbonyl (C=O) groups excluding carboxylic acids is 1. The smallest absolute Gasteiger partial charge is 0.339 e. The Balaban J connectivity index is 2.04. The van der Waals surface area contributed by atoms with Crippen LogP contribution in [0.2, 0.25) is 0 Å². The molecule has 7 nitrogen and oxygen atoms in total. The van der Waals surface area contributed by atoms with Crippen LogP contribution in [0.15, 0.2) is 6.20 Å². The molecular formula is C18H26N4O3. The number of hydrogen-bond donors (Lipinski definition) is 1. The summed E-state index contributed by atoms with van der Waals surface area (Å²) in [5.74, 6) is 0.241. The first kappa shape index (κ1) is 17.7. The van der Waals surface area contributed by atoms with E-state index in [4.69, 9.17) is 9.47 Å². The van der Waals surface area contributed by atoms with E-state index >= 15 is 0 Å². The molecule has 1 aliphatic heterocycles. The summed E-state index contributed by atoms with van der Waals surface area (Å²) in [5.41, 5.74) is 1.86. The van der Waals surface area contributed by atoms with Crippen LogP contribution in [0.25, 0.3) is 11.0 Å². The highest BCUT2D eigenvalue weighted by Crippen LogP contribution is 2.34. The Morgan fingerprint density at radius 3 is 2.76 bits per heavy atom. The summed E-state index contributed by atoms with van der Waals surface area (Å²) in [4.78, 5) is 19.5. The maximum absolute atomic E-state index is 12.6. The van der Waals surface area contributed by atoms with Crippen molar-refractivity contribution in [1.29, 1.82) is 0 Å². The Morgan fingerprint density at radius 2 is 2.12 bits per heavy atom. The SMILES string of the molecule is CCOC(=O)c1c(C(C)C)c(OC2CCN(C)CC2)nc2[nH]ncc12. The van der Waals surface area contributed by atoms with Crippen molar-refractivity contribution in [3.05, 3.63) is 17.3 Å². The fourth-order valence-electron chi connectivity index (χ4n) is 3.27. The molecule has 0 unspecified atom stereocenters. The summed E-state index contributed by atoms with van der Waals surface area (Å²) in [6.45, 7) is 8.19. The number of fused-ring (bicyclic) bond motifs is 1. The van der Waals surface area contributed by atoms with Crippen LogP contribution in [-0.2, 0) is 4.74 Å². The minimum Gasteiger partial charge on any atom is -0.474 e. The van der Waals surface area contributed by atoms with Crippen LogP contribution in [0, 0.1) is 0 Å². The molecule has 0 atom stereocenters. The van der Waals surface area contributed by atoms with Crippen molar-refractivity contribution in [2.24, 2.45) is 0 Å². The molecule has 0 bridgehead atoms. The maximum Gasteiger partial charge on any atom is 0.339 e. The van der Waals surface area contributed by atoms with E-state index in [1.54, 1.807) is 13.1 Å². The molecule has 0 aromatic carbocycles. The number of piperidine rings is 1. The van der Waals surface area contributed by atoms with Crippen molar-refractivity contribution in [3.63, 3.8) is 0 Å². The van der Waals surface area contributed by atoms with Crippen molar-refractivity contribution in [3.8, 4) is 5.88 Å². The van der Waals surface area contributed by atoms with Crippen LogP contribution in [0.1, 0.15) is 55.5 Å². The zero-order valence-electron chi connectivity index (χ0n) is 15.3. The highest BCUT2D eigenvalue weighted by molar-refractivity contribution is 6.04. The zero-order chi connectivity index (χ0) is 18.0. The number of nitrogens with zero attached hydrogens (tertiary/aromatic N) is 3. The maximum atomic E-state index is 12.6. The quantitative estimate of drug-likeness (QED) is 0.839. The molecule has 7 heteroatoms. The summed E-state index contributed by atoms with van der Waals surface area (Å²) in [5, 5.41) is 7.57. The number of nitrogens with one attached hydrogen (secondary N) is 1. The van der Waals surface area contributed by atoms with Gasteiger partial charge in [-0.05, 0) is 32.7 Å². The van der Waals surface area contributed by atoms with Gasteiger partial charge in [-0.3, -0.25) is 5.10 Å². The van der Waals surface area contributed by atoms with Gasteiger partial charge in [-0.25, -0.2) is 4.79 Å². The van der Waals surface area contributed by atoms with Crippen molar-refractivity contribution in [2.45, 2.75) is 45.6 Å². The van der Waals surface area contributed by atoms with Gasteiger partial charge in [-0.15, -0.1) is 0 Å². The molecule has 2 aromatic rings. The lowest BCUT2D eigenvalue weighted by Gasteiger charge is -2.30. The number of ether oxygens (including phenoxy) is 2. The predicted octanol–water partition coefficient (Wildman–Crippen LogP) is 2.73. The van der Waals surface area contributed by atoms with Gasteiger partial charge >= 0.3 is 5.97 Å². The highest BCUT2D eigenvalue weighted by atomic mass is 16.5. The van der Waals surface area contributed by atoms with Crippen molar-refractivity contribution >= 4 is 17.0 Å². The van der Waals surface area contributed by atoms with Crippen LogP contribution in [-0.4, -0.2) is 58.9 Å². The van der Waals surface area contributed by atoms with Gasteiger partial charge in [0.1, 0.15) is 6.10 Å². The number of aromatic amines is 1. The largest absolute Gasteiger partial charge is 0.474 e. The van der Waals surface area contributed by atoms with Gasteiger partial charge < -0.3 is 14.4 Å². The Labute approximate surface area is 147 Å². The number of carbonyl (C=O) groups is 1. The summed E-state index contributed by atoms with van der Waals surface area (Å²) < 4.78 is 11.5. The number of likely N-dealkylation sites (tertiary alicyclic amines) is 1. The van der Waals surface area contributed by atoms with Gasteiger partial charge in [0.2, 0.25) is 5.88 Å². The molecule has 1 aliphatic rings. The van der Waals surface area contributed by atoms with Crippen LogP contribution in [0.3, 0.4) is 0 Å². The number of rotatable bonds is 5. The Morgan fingerprint density at radius 1 is 1.40 bits per heavy atom. The van der Waals surface area contributed by atoms with Crippen LogP contribution >= 0.6 is 0 Å². The standard InChI is InChI=1S/C18H26N4O3/c1-5-24-18(23)15-13-10-19-21-16(13)20-17(14(15)11(2)3)25-12-6-8-22(4)9-7-12/h10-12H,5-9H2,1-4H3,(H,19,20,21). The van der Waals surface area contributed by atoms with E-state index in [9.17, 15) is 4.79 Å². The molecule has 3 heterocycles. The molecule has 0 spiro atoms. The van der Waals surface area contributed by atoms with Crippen LogP contribution < -0.4 is 4.74 Å². The van der Waals surface area contributed by atoms with E-state index < -0.39 is 0 Å². The molecule has 136 valence electrons. The summed E-state index contributed by atoms with van der Waals surface area (Å²) in [6.07, 6.45) is 3.63. The Kier molecular flexibility index (Phi) is 5.22. The lowest BCUT2D eigenvalue weighted by molar-refractivity contribution is 0.0524. The lowest BCUT2D eigenvalue weighted by atomic mass is 9.96. The molecule has 3 rings (SSSR count). The average Bonchev–Trinajstić information content (AvgIpc) is 3.03. The first-order valence-corrected chi connectivity index (χ1v) is 8.90. The highest BCUT2D eigenvalue weighted by Gasteiger charge is 2.28. The zero-order valence-corrected chi connectivity index (χ0v) is 15.3. The monoisotopic (exact) mass is 346 g/mol. The predicted molar refractivity (Wildman–Crippen MR) is 95.1 cm³/mol. The number of pyridine rings is 1. The van der Waals surface area contributed by atoms with E-state index in [1.165, 1.54) is 0 Å². The molecule has 0 saturated carbocycles. The number of aromatic nitrogens is 3. The number of H-pyrrole nitrogens is 1. The molecule has 2 aromatic heterocycles. The third-order valence-corrected chi connectivity index (χ3v) is 4.60. The average molecular weight is 346 g/mol. The molecule has 1 N–H and O–H groups in total. The molecular weight excluding hydrogens is 320 g/mol. The van der Waals surface area contributed by atoms with Crippen molar-refractivity contribution in [2.75, 3.05) is 26.7 Å². The third kappa shape index (κ3) is 3.61. The van der Waals surface area contributed by atoms with Crippen LogP contribution in [0.4, 0.5) is 0 Å². The molecule has 0 radical (unpaired) electrons. The second-order valence-corrected chi connectivity index (χ2v) is 6.83. The number of esters is 1. The van der Waals surface area contributed by atoms with E-state index in [2.05, 4.69) is 27.1 Å². The Hall–Kier alpha value is -2.15. The Bertz CT molecular complexity index is 748. The second-order valence-electron chi connectivity index (χ2n) is 6.83. The summed E-state index contributed by atoms with van der Waals surface area (Å²) in [7, 11) is 2.11. The van der Waals surface area contributed by atoms with E-state index in [0.29, 0.717) is 29.1 Å². The molecule has 1 fully saturated rings. The molecule has 1 saturated heterocycles. The van der Waals surface area contributed by atoms with E-state index in [-0.39, 0.29) is 18.0 Å². The third-order valence-electron chi connectivity index (χ3n) is 4.60. The van der Waals surface area contributed by atoms with Gasteiger partial charge in [0, 0.05) is 18.7 Å². The minimum absolute atomic E-state index is 0.0764. The van der Waals surface area contributed by atoms with Crippen molar-refractivity contribution in [1.82, 2.24) is 20.1 Å². The molecule has 0 aliphatic carbocycles. The van der Waals surface area contributed by atoms with Gasteiger partial charge in [0.15, 0.2) is 5.65 Å². The van der Waals surface area contributed by atoms with Gasteiger partial charge in [0.25, 0.3) is 0 Å². The van der Waals surface area contributed by atoms with Crippen molar-refractivity contribution < 1.29 is 14.3 Å². The van der Waals surface area contributed by atoms with Crippen LogP contribution in [0.5, 0.6) is 5.88 Å². The first-order chi connectivity index (χ1) is 12.0. The fraction of sp³-hybridized carbons (Fsp3) is 0.611. The van der Waals surface area contributed by atoms with E-state index in [0.717, 1.165) is 31.5 Å². The summed E-state index contributed by atoms with van der Waals surface area (Å²) >= 11 is 0. The fourth-order valence-corrected chi connectivity index (χ4v) is 3.27. The van der Waals surface area contributed by atoms with Gasteiger partial charge in [-0.1, -0.05) is 13.8 Å². The summed E-state index contributed by atoms with van der Waals surface area (Å²) in [6, 6.07) is 0. The first-order valence-electron chi connectivity index (χ1n) is 8.90. The van der Waals surface area contributed by atoms with Gasteiger partial charge in [0.05, 0.1) is 23.8 Å². The van der Waals surface area contributed by atoms with Gasteiger partial charge in [-0.2, -0.15) is 10.1 Å².